The molecule has 0 spiro atoms. The number of amides is 3. The molecule has 0 fully saturated rings. The highest BCUT2D eigenvalue weighted by Gasteiger charge is 2.20. The van der Waals surface area contributed by atoms with Crippen LogP contribution in [0.15, 0.2) is 24.3 Å². The largest absolute Gasteiger partial charge is 0.345 e. The van der Waals surface area contributed by atoms with Gasteiger partial charge in [0.25, 0.3) is 0 Å². The number of benzene rings is 1. The van der Waals surface area contributed by atoms with Crippen molar-refractivity contribution < 1.29 is 14.4 Å². The van der Waals surface area contributed by atoms with Crippen molar-refractivity contribution in [3.8, 4) is 0 Å². The molecule has 2 N–H and O–H groups in total. The molecule has 22 heavy (non-hydrogen) atoms. The lowest BCUT2D eigenvalue weighted by molar-refractivity contribution is -0.136. The average molecular weight is 305 g/mol. The van der Waals surface area contributed by atoms with Crippen LogP contribution in [0.25, 0.3) is 0 Å². The predicted octanol–water partition coefficient (Wildman–Crippen LogP) is 1.17. The van der Waals surface area contributed by atoms with Crippen LogP contribution >= 0.6 is 0 Å². The SMILES string of the molecule is CCc1ccccc1NC(=O)CN(C)C(=O)C(C)NC(C)=O. The third-order valence-corrected chi connectivity index (χ3v) is 3.22. The molecule has 120 valence electrons. The monoisotopic (exact) mass is 305 g/mol. The van der Waals surface area contributed by atoms with E-state index in [9.17, 15) is 14.4 Å². The normalized spacial score (nSPS) is 11.5. The molecule has 0 heterocycles. The summed E-state index contributed by atoms with van der Waals surface area (Å²) in [7, 11) is 1.53. The van der Waals surface area contributed by atoms with Gasteiger partial charge < -0.3 is 15.5 Å². The van der Waals surface area contributed by atoms with Gasteiger partial charge >= 0.3 is 0 Å². The van der Waals surface area contributed by atoms with Crippen molar-refractivity contribution in [1.82, 2.24) is 10.2 Å². The van der Waals surface area contributed by atoms with Gasteiger partial charge in [0.15, 0.2) is 0 Å². The maximum absolute atomic E-state index is 12.0. The van der Waals surface area contributed by atoms with Gasteiger partial charge in [0.2, 0.25) is 17.7 Å². The van der Waals surface area contributed by atoms with E-state index in [1.807, 2.05) is 31.2 Å². The lowest BCUT2D eigenvalue weighted by Crippen LogP contribution is -2.47. The molecule has 0 aliphatic heterocycles. The van der Waals surface area contributed by atoms with Crippen molar-refractivity contribution in [2.24, 2.45) is 0 Å². The van der Waals surface area contributed by atoms with E-state index in [0.29, 0.717) is 0 Å². The molecule has 6 heteroatoms. The number of carbonyl (C=O) groups is 3. The molecular formula is C16H23N3O3. The summed E-state index contributed by atoms with van der Waals surface area (Å²) >= 11 is 0. The van der Waals surface area contributed by atoms with E-state index < -0.39 is 6.04 Å². The molecule has 1 aromatic rings. The minimum Gasteiger partial charge on any atom is -0.345 e. The van der Waals surface area contributed by atoms with E-state index in [-0.39, 0.29) is 24.3 Å². The van der Waals surface area contributed by atoms with Gasteiger partial charge in [0, 0.05) is 19.7 Å². The van der Waals surface area contributed by atoms with Crippen LogP contribution in [0.1, 0.15) is 26.3 Å². The molecule has 1 unspecified atom stereocenters. The average Bonchev–Trinajstić information content (AvgIpc) is 2.46. The second-order valence-electron chi connectivity index (χ2n) is 5.18. The molecule has 6 nitrogen and oxygen atoms in total. The predicted molar refractivity (Wildman–Crippen MR) is 85.4 cm³/mol. The second-order valence-corrected chi connectivity index (χ2v) is 5.18. The van der Waals surface area contributed by atoms with Gasteiger partial charge in [-0.2, -0.15) is 0 Å². The lowest BCUT2D eigenvalue weighted by Gasteiger charge is -2.21. The molecule has 1 rings (SSSR count). The van der Waals surface area contributed by atoms with E-state index in [0.717, 1.165) is 17.7 Å². The zero-order chi connectivity index (χ0) is 16.7. The first-order chi connectivity index (χ1) is 10.3. The van der Waals surface area contributed by atoms with Crippen LogP contribution in [0.2, 0.25) is 0 Å². The van der Waals surface area contributed by atoms with Crippen LogP contribution in [-0.2, 0) is 20.8 Å². The molecule has 1 aromatic carbocycles. The molecule has 0 aliphatic rings. The maximum Gasteiger partial charge on any atom is 0.245 e. The Bertz CT molecular complexity index is 557. The molecule has 0 saturated heterocycles. The Hall–Kier alpha value is -2.37. The van der Waals surface area contributed by atoms with E-state index in [1.54, 1.807) is 6.92 Å². The zero-order valence-corrected chi connectivity index (χ0v) is 13.5. The topological polar surface area (TPSA) is 78.5 Å². The number of aryl methyl sites for hydroxylation is 1. The number of nitrogens with zero attached hydrogens (tertiary/aromatic N) is 1. The highest BCUT2D eigenvalue weighted by molar-refractivity contribution is 5.96. The van der Waals surface area contributed by atoms with Gasteiger partial charge in [-0.15, -0.1) is 0 Å². The van der Waals surface area contributed by atoms with E-state index in [1.165, 1.54) is 18.9 Å². The summed E-state index contributed by atoms with van der Waals surface area (Å²) in [6.07, 6.45) is 0.810. The summed E-state index contributed by atoms with van der Waals surface area (Å²) < 4.78 is 0. The summed E-state index contributed by atoms with van der Waals surface area (Å²) in [5.74, 6) is -0.864. The fourth-order valence-corrected chi connectivity index (χ4v) is 2.13. The van der Waals surface area contributed by atoms with Gasteiger partial charge in [-0.3, -0.25) is 14.4 Å². The molecule has 0 bridgehead atoms. The van der Waals surface area contributed by atoms with Crippen molar-refractivity contribution in [3.05, 3.63) is 29.8 Å². The highest BCUT2D eigenvalue weighted by Crippen LogP contribution is 2.15. The van der Waals surface area contributed by atoms with Crippen LogP contribution in [0, 0.1) is 0 Å². The fraction of sp³-hybridized carbons (Fsp3) is 0.438. The Morgan fingerprint density at radius 2 is 1.86 bits per heavy atom. The number of hydrogen-bond acceptors (Lipinski definition) is 3. The minimum atomic E-state index is -0.654. The standard InChI is InChI=1S/C16H23N3O3/c1-5-13-8-6-7-9-14(13)18-15(21)10-19(4)16(22)11(2)17-12(3)20/h6-9,11H,5,10H2,1-4H3,(H,17,20)(H,18,21). The van der Waals surface area contributed by atoms with Crippen LogP contribution in [-0.4, -0.2) is 42.3 Å². The quantitative estimate of drug-likeness (QED) is 0.828. The Kier molecular flexibility index (Phi) is 6.56. The van der Waals surface area contributed by atoms with Crippen LogP contribution in [0.4, 0.5) is 5.69 Å². The first-order valence-electron chi connectivity index (χ1n) is 7.25. The highest BCUT2D eigenvalue weighted by atomic mass is 16.2. The first-order valence-corrected chi connectivity index (χ1v) is 7.25. The van der Waals surface area contributed by atoms with Crippen LogP contribution in [0.3, 0.4) is 0 Å². The fourth-order valence-electron chi connectivity index (χ4n) is 2.13. The molecule has 0 aliphatic carbocycles. The first kappa shape index (κ1) is 17.7. The smallest absolute Gasteiger partial charge is 0.245 e. The molecule has 0 aromatic heterocycles. The maximum atomic E-state index is 12.0. The van der Waals surface area contributed by atoms with Gasteiger partial charge in [0.1, 0.15) is 6.04 Å². The van der Waals surface area contributed by atoms with Gasteiger partial charge in [0.05, 0.1) is 6.54 Å². The summed E-state index contributed by atoms with van der Waals surface area (Å²) in [6.45, 7) is 4.87. The van der Waals surface area contributed by atoms with E-state index in [2.05, 4.69) is 10.6 Å². The Balaban J connectivity index is 2.60. The van der Waals surface area contributed by atoms with E-state index in [4.69, 9.17) is 0 Å². The molecule has 0 saturated carbocycles. The number of rotatable bonds is 6. The molecule has 1 atom stereocenters. The summed E-state index contributed by atoms with van der Waals surface area (Å²) in [4.78, 5) is 36.3. The zero-order valence-electron chi connectivity index (χ0n) is 13.5. The van der Waals surface area contributed by atoms with Crippen LogP contribution < -0.4 is 10.6 Å². The third-order valence-electron chi connectivity index (χ3n) is 3.22. The van der Waals surface area contributed by atoms with Gasteiger partial charge in [-0.05, 0) is 25.0 Å². The third kappa shape index (κ3) is 5.20. The number of likely N-dealkylation sites (N-methyl/N-ethyl adjacent to an activating group) is 1. The molecule has 3 amide bonds. The number of carbonyl (C=O) groups excluding carboxylic acids is 3. The summed E-state index contributed by atoms with van der Waals surface area (Å²) in [5.41, 5.74) is 1.79. The number of anilines is 1. The number of hydrogen-bond donors (Lipinski definition) is 2. The van der Waals surface area contributed by atoms with Crippen molar-refractivity contribution in [2.45, 2.75) is 33.2 Å². The lowest BCUT2D eigenvalue weighted by atomic mass is 10.1. The van der Waals surface area contributed by atoms with Gasteiger partial charge in [-0.1, -0.05) is 25.1 Å². The summed E-state index contributed by atoms with van der Waals surface area (Å²) in [5, 5.41) is 5.31. The van der Waals surface area contributed by atoms with Crippen molar-refractivity contribution >= 4 is 23.4 Å². The summed E-state index contributed by atoms with van der Waals surface area (Å²) in [6, 6.07) is 6.89. The number of para-hydroxylation sites is 1. The second kappa shape index (κ2) is 8.17. The Labute approximate surface area is 130 Å². The van der Waals surface area contributed by atoms with Crippen LogP contribution in [0.5, 0.6) is 0 Å². The van der Waals surface area contributed by atoms with E-state index >= 15 is 0 Å². The number of nitrogens with one attached hydrogen (secondary N) is 2. The van der Waals surface area contributed by atoms with Crippen molar-refractivity contribution in [2.75, 3.05) is 18.9 Å². The Morgan fingerprint density at radius 1 is 1.23 bits per heavy atom. The van der Waals surface area contributed by atoms with Crippen molar-refractivity contribution in [1.29, 1.82) is 0 Å². The molecular weight excluding hydrogens is 282 g/mol. The Morgan fingerprint density at radius 3 is 2.45 bits per heavy atom. The molecule has 0 radical (unpaired) electrons. The van der Waals surface area contributed by atoms with Gasteiger partial charge in [-0.25, -0.2) is 0 Å². The van der Waals surface area contributed by atoms with Crippen molar-refractivity contribution in [3.63, 3.8) is 0 Å². The minimum absolute atomic E-state index is 0.0686.